The van der Waals surface area contributed by atoms with Gasteiger partial charge >= 0.3 is 0 Å². The molecule has 0 bridgehead atoms. The Morgan fingerprint density at radius 2 is 1.88 bits per heavy atom. The van der Waals surface area contributed by atoms with E-state index in [9.17, 15) is 10.2 Å². The van der Waals surface area contributed by atoms with E-state index in [0.717, 1.165) is 25.7 Å². The molecule has 0 aromatic carbocycles. The van der Waals surface area contributed by atoms with Crippen LogP contribution in [-0.2, 0) is 0 Å². The van der Waals surface area contributed by atoms with Gasteiger partial charge in [-0.1, -0.05) is 32.9 Å². The van der Waals surface area contributed by atoms with Crippen molar-refractivity contribution in [1.29, 1.82) is 0 Å². The van der Waals surface area contributed by atoms with E-state index in [2.05, 4.69) is 32.9 Å². The highest BCUT2D eigenvalue weighted by Gasteiger charge is 2.57. The van der Waals surface area contributed by atoms with E-state index in [0.29, 0.717) is 6.42 Å². The zero-order valence-electron chi connectivity index (χ0n) is 10.7. The van der Waals surface area contributed by atoms with Crippen molar-refractivity contribution < 1.29 is 10.2 Å². The van der Waals surface area contributed by atoms with Gasteiger partial charge in [-0.25, -0.2) is 0 Å². The summed E-state index contributed by atoms with van der Waals surface area (Å²) in [6, 6.07) is 0. The standard InChI is InChI=1S/C14H24O2/c1-12(2)9-11(15)13(3)7-5-4-6-8-14(13,16)10-12/h4,6,11,15-16H,5,7-10H2,1-3H3/t11-,13-,14-/m0/s1. The molecular formula is C14H24O2. The number of hydrogen-bond acceptors (Lipinski definition) is 2. The van der Waals surface area contributed by atoms with Crippen molar-refractivity contribution >= 4 is 0 Å². The lowest BCUT2D eigenvalue weighted by molar-refractivity contribution is -0.193. The van der Waals surface area contributed by atoms with Gasteiger partial charge < -0.3 is 10.2 Å². The highest BCUT2D eigenvalue weighted by atomic mass is 16.3. The Morgan fingerprint density at radius 1 is 1.19 bits per heavy atom. The molecule has 3 atom stereocenters. The van der Waals surface area contributed by atoms with Crippen LogP contribution in [-0.4, -0.2) is 21.9 Å². The quantitative estimate of drug-likeness (QED) is 0.621. The minimum Gasteiger partial charge on any atom is -0.392 e. The molecule has 1 fully saturated rings. The van der Waals surface area contributed by atoms with E-state index in [1.54, 1.807) is 0 Å². The number of hydrogen-bond donors (Lipinski definition) is 2. The minimum absolute atomic E-state index is 0.0336. The Labute approximate surface area is 98.4 Å². The Morgan fingerprint density at radius 3 is 2.56 bits per heavy atom. The van der Waals surface area contributed by atoms with Crippen LogP contribution in [0.2, 0.25) is 0 Å². The third kappa shape index (κ3) is 1.72. The zero-order valence-corrected chi connectivity index (χ0v) is 10.7. The summed E-state index contributed by atoms with van der Waals surface area (Å²) in [5.41, 5.74) is -1.04. The molecule has 0 radical (unpaired) electrons. The molecule has 1 saturated carbocycles. The number of fused-ring (bicyclic) bond motifs is 1. The van der Waals surface area contributed by atoms with Crippen LogP contribution >= 0.6 is 0 Å². The maximum Gasteiger partial charge on any atom is 0.0765 e. The SMILES string of the molecule is CC1(C)C[C@H](O)[C@]2(C)CCC=CC[C@]2(O)C1. The Hall–Kier alpha value is -0.340. The summed E-state index contributed by atoms with van der Waals surface area (Å²) in [6.07, 6.45) is 7.96. The van der Waals surface area contributed by atoms with E-state index in [1.165, 1.54) is 0 Å². The Bertz CT molecular complexity index is 308. The highest BCUT2D eigenvalue weighted by molar-refractivity contribution is 5.12. The molecule has 0 heterocycles. The van der Waals surface area contributed by atoms with Crippen molar-refractivity contribution in [2.45, 2.75) is 64.6 Å². The number of aliphatic hydroxyl groups is 2. The second kappa shape index (κ2) is 3.58. The first-order valence-electron chi connectivity index (χ1n) is 6.35. The van der Waals surface area contributed by atoms with Crippen LogP contribution in [0.25, 0.3) is 0 Å². The molecule has 0 saturated heterocycles. The maximum atomic E-state index is 10.9. The molecule has 0 spiro atoms. The fourth-order valence-corrected chi connectivity index (χ4v) is 3.61. The lowest BCUT2D eigenvalue weighted by Gasteiger charge is -2.55. The summed E-state index contributed by atoms with van der Waals surface area (Å²) in [5.74, 6) is 0. The summed E-state index contributed by atoms with van der Waals surface area (Å²) in [6.45, 7) is 6.34. The first-order valence-corrected chi connectivity index (χ1v) is 6.35. The van der Waals surface area contributed by atoms with Crippen molar-refractivity contribution in [2.75, 3.05) is 0 Å². The van der Waals surface area contributed by atoms with E-state index < -0.39 is 5.60 Å². The van der Waals surface area contributed by atoms with Crippen LogP contribution in [0.15, 0.2) is 12.2 Å². The summed E-state index contributed by atoms with van der Waals surface area (Å²) in [4.78, 5) is 0. The Kier molecular flexibility index (Phi) is 2.71. The summed E-state index contributed by atoms with van der Waals surface area (Å²) in [5, 5.41) is 21.3. The van der Waals surface area contributed by atoms with Crippen LogP contribution < -0.4 is 0 Å². The zero-order chi connectivity index (χ0) is 12.0. The molecule has 0 amide bonds. The predicted octanol–water partition coefficient (Wildman–Crippen LogP) is 2.64. The van der Waals surface area contributed by atoms with Gasteiger partial charge in [0.05, 0.1) is 11.7 Å². The van der Waals surface area contributed by atoms with Crippen LogP contribution in [0.3, 0.4) is 0 Å². The van der Waals surface area contributed by atoms with Crippen LogP contribution in [0.5, 0.6) is 0 Å². The third-order valence-corrected chi connectivity index (χ3v) is 4.77. The summed E-state index contributed by atoms with van der Waals surface area (Å²) >= 11 is 0. The van der Waals surface area contributed by atoms with E-state index in [-0.39, 0.29) is 16.9 Å². The first kappa shape index (κ1) is 12.1. The molecule has 2 heteroatoms. The lowest BCUT2D eigenvalue weighted by atomic mass is 9.54. The molecule has 16 heavy (non-hydrogen) atoms. The molecule has 2 aliphatic rings. The molecule has 0 aromatic rings. The largest absolute Gasteiger partial charge is 0.392 e. The molecule has 0 aromatic heterocycles. The van der Waals surface area contributed by atoms with Crippen LogP contribution in [0, 0.1) is 10.8 Å². The topological polar surface area (TPSA) is 40.5 Å². The molecule has 2 rings (SSSR count). The fraction of sp³-hybridized carbons (Fsp3) is 0.857. The average molecular weight is 224 g/mol. The highest BCUT2D eigenvalue weighted by Crippen LogP contribution is 2.55. The predicted molar refractivity (Wildman–Crippen MR) is 65.1 cm³/mol. The molecule has 2 aliphatic carbocycles. The summed E-state index contributed by atoms with van der Waals surface area (Å²) in [7, 11) is 0. The van der Waals surface area contributed by atoms with Gasteiger partial charge in [-0.05, 0) is 37.5 Å². The van der Waals surface area contributed by atoms with Crippen molar-refractivity contribution in [2.24, 2.45) is 10.8 Å². The smallest absolute Gasteiger partial charge is 0.0765 e. The number of allylic oxidation sites excluding steroid dienone is 1. The van der Waals surface area contributed by atoms with Crippen molar-refractivity contribution in [3.8, 4) is 0 Å². The van der Waals surface area contributed by atoms with Gasteiger partial charge in [-0.15, -0.1) is 0 Å². The first-order chi connectivity index (χ1) is 7.29. The van der Waals surface area contributed by atoms with Gasteiger partial charge in [-0.2, -0.15) is 0 Å². The second-order valence-corrected chi connectivity index (χ2v) is 6.72. The van der Waals surface area contributed by atoms with Crippen LogP contribution in [0.1, 0.15) is 52.9 Å². The van der Waals surface area contributed by atoms with Gasteiger partial charge in [0, 0.05) is 5.41 Å². The normalized spacial score (nSPS) is 47.2. The fourth-order valence-electron chi connectivity index (χ4n) is 3.61. The van der Waals surface area contributed by atoms with Crippen LogP contribution in [0.4, 0.5) is 0 Å². The minimum atomic E-state index is -0.735. The summed E-state index contributed by atoms with van der Waals surface area (Å²) < 4.78 is 0. The van der Waals surface area contributed by atoms with Gasteiger partial charge in [0.25, 0.3) is 0 Å². The van der Waals surface area contributed by atoms with E-state index in [1.807, 2.05) is 0 Å². The maximum absolute atomic E-state index is 10.9. The van der Waals surface area contributed by atoms with Gasteiger partial charge in [0.1, 0.15) is 0 Å². The molecule has 0 unspecified atom stereocenters. The lowest BCUT2D eigenvalue weighted by Crippen LogP contribution is -2.59. The van der Waals surface area contributed by atoms with Crippen molar-refractivity contribution in [1.82, 2.24) is 0 Å². The van der Waals surface area contributed by atoms with Gasteiger partial charge in [-0.3, -0.25) is 0 Å². The number of rotatable bonds is 0. The monoisotopic (exact) mass is 224 g/mol. The average Bonchev–Trinajstić information content (AvgIpc) is 2.25. The Balaban J connectivity index is 2.37. The van der Waals surface area contributed by atoms with Crippen molar-refractivity contribution in [3.63, 3.8) is 0 Å². The molecule has 2 N–H and O–H groups in total. The van der Waals surface area contributed by atoms with E-state index >= 15 is 0 Å². The third-order valence-electron chi connectivity index (χ3n) is 4.77. The number of aliphatic hydroxyl groups excluding tert-OH is 1. The molecular weight excluding hydrogens is 200 g/mol. The molecule has 0 aliphatic heterocycles. The van der Waals surface area contributed by atoms with Gasteiger partial charge in [0.15, 0.2) is 0 Å². The van der Waals surface area contributed by atoms with Crippen molar-refractivity contribution in [3.05, 3.63) is 12.2 Å². The van der Waals surface area contributed by atoms with E-state index in [4.69, 9.17) is 0 Å². The molecule has 2 nitrogen and oxygen atoms in total. The van der Waals surface area contributed by atoms with Gasteiger partial charge in [0.2, 0.25) is 0 Å². The second-order valence-electron chi connectivity index (χ2n) is 6.72. The molecule has 92 valence electrons.